The topological polar surface area (TPSA) is 70.7 Å². The summed E-state index contributed by atoms with van der Waals surface area (Å²) in [5, 5.41) is 10.4. The van der Waals surface area contributed by atoms with E-state index in [1.807, 2.05) is 12.3 Å². The van der Waals surface area contributed by atoms with Crippen molar-refractivity contribution in [3.8, 4) is 0 Å². The number of hydrogen-bond donors (Lipinski definition) is 2. The second-order valence-corrected chi connectivity index (χ2v) is 5.94. The Labute approximate surface area is 123 Å². The third-order valence-electron chi connectivity index (χ3n) is 4.49. The molecule has 0 aromatic carbocycles. The molecular weight excluding hydrogens is 264 g/mol. The van der Waals surface area contributed by atoms with Crippen LogP contribution in [0.2, 0.25) is 0 Å². The van der Waals surface area contributed by atoms with Crippen LogP contribution < -0.4 is 5.32 Å². The molecule has 1 saturated carbocycles. The van der Waals surface area contributed by atoms with E-state index in [9.17, 15) is 4.79 Å². The van der Waals surface area contributed by atoms with Gasteiger partial charge in [0.2, 0.25) is 0 Å². The van der Waals surface area contributed by atoms with Gasteiger partial charge in [-0.15, -0.1) is 0 Å². The fourth-order valence-corrected chi connectivity index (χ4v) is 3.22. The average molecular weight is 282 g/mol. The monoisotopic (exact) mass is 282 g/mol. The first-order valence-corrected chi connectivity index (χ1v) is 7.60. The molecule has 2 aliphatic rings. The number of pyridine rings is 1. The van der Waals surface area contributed by atoms with Gasteiger partial charge in [0.05, 0.1) is 0 Å². The van der Waals surface area contributed by atoms with E-state index < -0.39 is 0 Å². The van der Waals surface area contributed by atoms with Crippen LogP contribution in [0.3, 0.4) is 0 Å². The Morgan fingerprint density at radius 2 is 2.24 bits per heavy atom. The molecule has 2 aromatic heterocycles. The van der Waals surface area contributed by atoms with Crippen molar-refractivity contribution in [3.05, 3.63) is 47.0 Å². The zero-order valence-corrected chi connectivity index (χ0v) is 11.8. The predicted molar refractivity (Wildman–Crippen MR) is 78.1 cm³/mol. The third kappa shape index (κ3) is 2.33. The van der Waals surface area contributed by atoms with Crippen LogP contribution in [0.1, 0.15) is 52.5 Å². The first-order chi connectivity index (χ1) is 10.3. The highest BCUT2D eigenvalue weighted by atomic mass is 16.2. The molecule has 2 N–H and O–H groups in total. The molecule has 5 heteroatoms. The van der Waals surface area contributed by atoms with Gasteiger partial charge in [0.25, 0.3) is 5.91 Å². The summed E-state index contributed by atoms with van der Waals surface area (Å²) in [5.41, 5.74) is 4.07. The first-order valence-electron chi connectivity index (χ1n) is 7.60. The Kier molecular flexibility index (Phi) is 2.98. The summed E-state index contributed by atoms with van der Waals surface area (Å²) in [6.45, 7) is 0. The van der Waals surface area contributed by atoms with Crippen molar-refractivity contribution in [1.29, 1.82) is 0 Å². The van der Waals surface area contributed by atoms with Gasteiger partial charge in [-0.05, 0) is 43.7 Å². The Balaban J connectivity index is 1.45. The van der Waals surface area contributed by atoms with Crippen LogP contribution in [-0.4, -0.2) is 27.1 Å². The van der Waals surface area contributed by atoms with Gasteiger partial charge in [-0.25, -0.2) is 0 Å². The Morgan fingerprint density at radius 1 is 1.33 bits per heavy atom. The largest absolute Gasteiger partial charge is 0.347 e. The van der Waals surface area contributed by atoms with E-state index in [-0.39, 0.29) is 11.9 Å². The lowest BCUT2D eigenvalue weighted by molar-refractivity contribution is 0.0944. The van der Waals surface area contributed by atoms with E-state index in [4.69, 9.17) is 0 Å². The summed E-state index contributed by atoms with van der Waals surface area (Å²) in [6, 6.07) is 4.23. The van der Waals surface area contributed by atoms with E-state index in [0.29, 0.717) is 11.6 Å². The minimum absolute atomic E-state index is 0.0363. The maximum absolute atomic E-state index is 12.4. The fraction of sp³-hybridized carbons (Fsp3) is 0.438. The van der Waals surface area contributed by atoms with Crippen LogP contribution in [0.4, 0.5) is 0 Å². The Hall–Kier alpha value is -2.17. The Bertz CT molecular complexity index is 664. The van der Waals surface area contributed by atoms with E-state index in [0.717, 1.165) is 36.9 Å². The van der Waals surface area contributed by atoms with Crippen LogP contribution in [0.5, 0.6) is 0 Å². The van der Waals surface area contributed by atoms with Crippen molar-refractivity contribution in [1.82, 2.24) is 20.5 Å². The van der Waals surface area contributed by atoms with Gasteiger partial charge in [-0.1, -0.05) is 6.07 Å². The predicted octanol–water partition coefficient (Wildman–Crippen LogP) is 1.97. The number of aromatic nitrogens is 3. The number of carbonyl (C=O) groups is 1. The van der Waals surface area contributed by atoms with Crippen molar-refractivity contribution in [2.45, 2.75) is 44.1 Å². The smallest absolute Gasteiger partial charge is 0.272 e. The summed E-state index contributed by atoms with van der Waals surface area (Å²) in [4.78, 5) is 16.5. The highest BCUT2D eigenvalue weighted by molar-refractivity contribution is 5.94. The number of aryl methyl sites for hydroxylation is 1. The zero-order valence-electron chi connectivity index (χ0n) is 11.8. The number of fused-ring (bicyclic) bond motifs is 1. The van der Waals surface area contributed by atoms with Gasteiger partial charge in [0.1, 0.15) is 0 Å². The number of nitrogens with one attached hydrogen (secondary N) is 2. The van der Waals surface area contributed by atoms with Crippen molar-refractivity contribution in [2.75, 3.05) is 0 Å². The number of aromatic amines is 1. The molecule has 1 fully saturated rings. The molecule has 21 heavy (non-hydrogen) atoms. The molecule has 4 rings (SSSR count). The summed E-state index contributed by atoms with van der Waals surface area (Å²) >= 11 is 0. The van der Waals surface area contributed by atoms with E-state index in [1.165, 1.54) is 12.0 Å². The van der Waals surface area contributed by atoms with E-state index >= 15 is 0 Å². The highest BCUT2D eigenvalue weighted by Gasteiger charge is 2.40. The molecule has 2 aromatic rings. The summed E-state index contributed by atoms with van der Waals surface area (Å²) in [6.07, 6.45) is 8.95. The van der Waals surface area contributed by atoms with Gasteiger partial charge in [-0.3, -0.25) is 14.9 Å². The highest BCUT2D eigenvalue weighted by Crippen LogP contribution is 2.40. The number of hydrogen-bond acceptors (Lipinski definition) is 3. The number of H-pyrrole nitrogens is 1. The van der Waals surface area contributed by atoms with E-state index in [1.54, 1.807) is 6.20 Å². The molecule has 0 radical (unpaired) electrons. The third-order valence-corrected chi connectivity index (χ3v) is 4.49. The number of amides is 1. The van der Waals surface area contributed by atoms with Gasteiger partial charge < -0.3 is 5.32 Å². The fourth-order valence-electron chi connectivity index (χ4n) is 3.22. The standard InChI is InChI=1S/C16H18N4O/c21-16(15-11-5-1-2-6-13(11)19-20-15)18-14-8-12(14)10-4-3-7-17-9-10/h3-4,7,9,12,14H,1-2,5-6,8H2,(H,18,21)(H,19,20)/t12-,14+/m1/s1. The van der Waals surface area contributed by atoms with Crippen LogP contribution in [0.15, 0.2) is 24.5 Å². The summed E-state index contributed by atoms with van der Waals surface area (Å²) < 4.78 is 0. The summed E-state index contributed by atoms with van der Waals surface area (Å²) in [7, 11) is 0. The first kappa shape index (κ1) is 12.6. The quantitative estimate of drug-likeness (QED) is 0.904. The lowest BCUT2D eigenvalue weighted by Gasteiger charge is -2.11. The van der Waals surface area contributed by atoms with Crippen LogP contribution in [0.25, 0.3) is 0 Å². The van der Waals surface area contributed by atoms with Crippen molar-refractivity contribution < 1.29 is 4.79 Å². The van der Waals surface area contributed by atoms with Gasteiger partial charge in [0, 0.05) is 35.6 Å². The molecule has 5 nitrogen and oxygen atoms in total. The maximum Gasteiger partial charge on any atom is 0.272 e. The minimum atomic E-state index is -0.0363. The normalized spacial score (nSPS) is 23.4. The SMILES string of the molecule is O=C(N[C@H]1C[C@@H]1c1cccnc1)c1n[nH]c2c1CCCC2. The molecule has 2 heterocycles. The van der Waals surface area contributed by atoms with Crippen LogP contribution in [0, 0.1) is 0 Å². The molecular formula is C16H18N4O. The molecule has 2 atom stereocenters. The molecule has 0 aliphatic heterocycles. The number of nitrogens with zero attached hydrogens (tertiary/aromatic N) is 2. The molecule has 0 unspecified atom stereocenters. The van der Waals surface area contributed by atoms with Gasteiger partial charge in [0.15, 0.2) is 5.69 Å². The molecule has 0 saturated heterocycles. The molecule has 0 bridgehead atoms. The molecule has 1 amide bonds. The minimum Gasteiger partial charge on any atom is -0.347 e. The van der Waals surface area contributed by atoms with Gasteiger partial charge >= 0.3 is 0 Å². The van der Waals surface area contributed by atoms with Crippen molar-refractivity contribution in [3.63, 3.8) is 0 Å². The lowest BCUT2D eigenvalue weighted by Crippen LogP contribution is -2.28. The molecule has 0 spiro atoms. The van der Waals surface area contributed by atoms with Crippen molar-refractivity contribution in [2.24, 2.45) is 0 Å². The number of carbonyl (C=O) groups excluding carboxylic acids is 1. The second-order valence-electron chi connectivity index (χ2n) is 5.94. The number of rotatable bonds is 3. The van der Waals surface area contributed by atoms with Crippen LogP contribution in [-0.2, 0) is 12.8 Å². The van der Waals surface area contributed by atoms with E-state index in [2.05, 4.69) is 26.6 Å². The Morgan fingerprint density at radius 3 is 3.10 bits per heavy atom. The average Bonchev–Trinajstić information content (AvgIpc) is 3.15. The van der Waals surface area contributed by atoms with Crippen LogP contribution >= 0.6 is 0 Å². The molecule has 108 valence electrons. The van der Waals surface area contributed by atoms with Crippen molar-refractivity contribution >= 4 is 5.91 Å². The van der Waals surface area contributed by atoms with Gasteiger partial charge in [-0.2, -0.15) is 5.10 Å². The maximum atomic E-state index is 12.4. The zero-order chi connectivity index (χ0) is 14.2. The second kappa shape index (κ2) is 4.98. The molecule has 2 aliphatic carbocycles. The summed E-state index contributed by atoms with van der Waals surface area (Å²) in [5.74, 6) is 0.364. The lowest BCUT2D eigenvalue weighted by atomic mass is 9.96.